The first-order chi connectivity index (χ1) is 30.1. The van der Waals surface area contributed by atoms with Crippen LogP contribution in [0.1, 0.15) is 66.5 Å². The predicted molar refractivity (Wildman–Crippen MR) is 259 cm³/mol. The summed E-state index contributed by atoms with van der Waals surface area (Å²) in [6.45, 7) is 6.34. The smallest absolute Gasteiger partial charge is 0.0754 e. The molecule has 1 spiro atoms. The van der Waals surface area contributed by atoms with Crippen molar-refractivity contribution in [1.29, 1.82) is 0 Å². The van der Waals surface area contributed by atoms with E-state index >= 15 is 0 Å². The van der Waals surface area contributed by atoms with Gasteiger partial charge in [-0.1, -0.05) is 185 Å². The molecule has 1 nitrogen and oxygen atoms in total. The van der Waals surface area contributed by atoms with Gasteiger partial charge in [0.05, 0.1) is 16.8 Å². The minimum Gasteiger partial charge on any atom is -0.310 e. The highest BCUT2D eigenvalue weighted by atomic mass is 15.2. The lowest BCUT2D eigenvalue weighted by Gasteiger charge is -2.45. The zero-order chi connectivity index (χ0) is 41.1. The Bertz CT molecular complexity index is 3120. The van der Waals surface area contributed by atoms with Gasteiger partial charge in [-0.25, -0.2) is 0 Å². The highest BCUT2D eigenvalue weighted by Crippen LogP contribution is 2.64. The number of allylic oxidation sites excluding steroid dienone is 1. The molecule has 0 saturated carbocycles. The summed E-state index contributed by atoms with van der Waals surface area (Å²) in [5.41, 5.74) is 20.9. The van der Waals surface area contributed by atoms with Gasteiger partial charge in [0, 0.05) is 5.69 Å². The van der Waals surface area contributed by atoms with Gasteiger partial charge in [-0.2, -0.15) is 0 Å². The molecular weight excluding hydrogens is 735 g/mol. The third-order valence-electron chi connectivity index (χ3n) is 13.3. The fraction of sp³-hybridized carbons (Fsp3) is 0.100. The van der Waals surface area contributed by atoms with Gasteiger partial charge in [-0.15, -0.1) is 0 Å². The van der Waals surface area contributed by atoms with Crippen LogP contribution < -0.4 is 4.90 Å². The van der Waals surface area contributed by atoms with Gasteiger partial charge in [-0.05, 0) is 150 Å². The van der Waals surface area contributed by atoms with Crippen molar-refractivity contribution >= 4 is 33.9 Å². The SMILES string of the molecule is CC.CC1CC=Cc2cc(-c3ccc4c(c3)C3(c5cc(-c6ccc7ccccc7c6)ccc5-4)c4ccccc4N(c4cccc(-c5ccccc5)c4)c4ccccc43)ccc21. The van der Waals surface area contributed by atoms with Crippen LogP contribution in [0.15, 0.2) is 206 Å². The number of nitrogens with zero attached hydrogens (tertiary/aromatic N) is 1. The quantitative estimate of drug-likeness (QED) is 0.172. The Kier molecular flexibility index (Phi) is 8.94. The molecule has 3 aliphatic rings. The maximum absolute atomic E-state index is 2.52. The molecule has 0 amide bonds. The molecule has 1 heteroatoms. The second kappa shape index (κ2) is 14.8. The van der Waals surface area contributed by atoms with Crippen LogP contribution in [0.3, 0.4) is 0 Å². The van der Waals surface area contributed by atoms with Crippen LogP contribution in [-0.2, 0) is 5.41 Å². The second-order valence-electron chi connectivity index (χ2n) is 16.5. The summed E-state index contributed by atoms with van der Waals surface area (Å²) in [6, 6.07) is 75.2. The number of fused-ring (bicyclic) bond motifs is 11. The first kappa shape index (κ1) is 36.8. The molecule has 12 rings (SSSR count). The number of para-hydroxylation sites is 2. The summed E-state index contributed by atoms with van der Waals surface area (Å²) in [5, 5.41) is 2.51. The van der Waals surface area contributed by atoms with E-state index in [2.05, 4.69) is 224 Å². The van der Waals surface area contributed by atoms with Crippen molar-refractivity contribution in [3.05, 3.63) is 240 Å². The first-order valence-electron chi connectivity index (χ1n) is 21.9. The van der Waals surface area contributed by atoms with Gasteiger partial charge in [0.25, 0.3) is 0 Å². The molecule has 9 aromatic rings. The normalized spacial score (nSPS) is 14.9. The van der Waals surface area contributed by atoms with E-state index in [4.69, 9.17) is 0 Å². The number of hydrogen-bond donors (Lipinski definition) is 0. The Labute approximate surface area is 359 Å². The van der Waals surface area contributed by atoms with Gasteiger partial charge in [0.1, 0.15) is 0 Å². The van der Waals surface area contributed by atoms with Crippen molar-refractivity contribution in [2.45, 2.75) is 38.5 Å². The molecule has 61 heavy (non-hydrogen) atoms. The fourth-order valence-corrected chi connectivity index (χ4v) is 10.5. The molecule has 9 aromatic carbocycles. The average Bonchev–Trinajstić information content (AvgIpc) is 3.61. The minimum absolute atomic E-state index is 0.533. The summed E-state index contributed by atoms with van der Waals surface area (Å²) in [6.07, 6.45) is 5.74. The predicted octanol–water partition coefficient (Wildman–Crippen LogP) is 16.5. The zero-order valence-corrected chi connectivity index (χ0v) is 34.9. The fourth-order valence-electron chi connectivity index (χ4n) is 10.5. The highest BCUT2D eigenvalue weighted by molar-refractivity contribution is 5.98. The van der Waals surface area contributed by atoms with E-state index in [1.807, 2.05) is 13.8 Å². The van der Waals surface area contributed by atoms with Crippen LogP contribution in [0.4, 0.5) is 17.1 Å². The van der Waals surface area contributed by atoms with E-state index in [1.54, 1.807) is 0 Å². The number of hydrogen-bond acceptors (Lipinski definition) is 1. The lowest BCUT2D eigenvalue weighted by atomic mass is 9.64. The van der Waals surface area contributed by atoms with Gasteiger partial charge in [0.2, 0.25) is 0 Å². The molecule has 2 aliphatic carbocycles. The lowest BCUT2D eigenvalue weighted by Crippen LogP contribution is -2.36. The van der Waals surface area contributed by atoms with Gasteiger partial charge >= 0.3 is 0 Å². The summed E-state index contributed by atoms with van der Waals surface area (Å²) < 4.78 is 0. The molecule has 0 radical (unpaired) electrons. The molecule has 1 heterocycles. The van der Waals surface area contributed by atoms with E-state index in [9.17, 15) is 0 Å². The van der Waals surface area contributed by atoms with Gasteiger partial charge < -0.3 is 4.90 Å². The molecule has 0 fully saturated rings. The summed E-state index contributed by atoms with van der Waals surface area (Å²) >= 11 is 0. The second-order valence-corrected chi connectivity index (χ2v) is 16.5. The highest BCUT2D eigenvalue weighted by Gasteiger charge is 2.52. The molecule has 1 aliphatic heterocycles. The zero-order valence-electron chi connectivity index (χ0n) is 34.9. The minimum atomic E-state index is -0.573. The topological polar surface area (TPSA) is 3.24 Å². The molecule has 1 unspecified atom stereocenters. The van der Waals surface area contributed by atoms with Crippen molar-refractivity contribution in [3.8, 4) is 44.5 Å². The summed E-state index contributed by atoms with van der Waals surface area (Å²) in [5.74, 6) is 0.533. The standard InChI is InChI=1S/C58H41N.C2H6/c1-38-13-11-19-47-34-44(27-30-49(38)47)46-29-32-51-50-31-28-45(43-26-25-40-16-5-6-17-41(40)33-43)36-54(50)58(55(51)37-46)52-21-7-9-23-56(52)59(57-24-10-8-22-53(57)58)48-20-12-18-42(35-48)39-14-3-2-4-15-39;1-2/h2-12,14-38H,13H2,1H3;1-2H3. The average molecular weight is 782 g/mol. The number of anilines is 3. The van der Waals surface area contributed by atoms with Crippen molar-refractivity contribution in [3.63, 3.8) is 0 Å². The molecule has 0 aromatic heterocycles. The summed E-state index contributed by atoms with van der Waals surface area (Å²) in [4.78, 5) is 2.49. The maximum Gasteiger partial charge on any atom is 0.0754 e. The van der Waals surface area contributed by atoms with Crippen molar-refractivity contribution < 1.29 is 0 Å². The van der Waals surface area contributed by atoms with Crippen LogP contribution in [0.5, 0.6) is 0 Å². The van der Waals surface area contributed by atoms with E-state index in [0.717, 1.165) is 12.1 Å². The largest absolute Gasteiger partial charge is 0.310 e. The molecular formula is C60H47N. The third kappa shape index (κ3) is 5.76. The molecule has 0 bridgehead atoms. The van der Waals surface area contributed by atoms with Gasteiger partial charge in [-0.3, -0.25) is 0 Å². The number of rotatable bonds is 4. The van der Waals surface area contributed by atoms with Crippen LogP contribution in [-0.4, -0.2) is 0 Å². The number of benzene rings is 9. The van der Waals surface area contributed by atoms with Crippen molar-refractivity contribution in [2.75, 3.05) is 4.90 Å². The van der Waals surface area contributed by atoms with E-state index in [0.29, 0.717) is 5.92 Å². The van der Waals surface area contributed by atoms with Crippen molar-refractivity contribution in [2.24, 2.45) is 0 Å². The Morgan fingerprint density at radius 1 is 0.426 bits per heavy atom. The van der Waals surface area contributed by atoms with E-state index in [1.165, 1.54) is 100 Å². The van der Waals surface area contributed by atoms with Crippen LogP contribution in [0.25, 0.3) is 61.4 Å². The molecule has 0 saturated heterocycles. The first-order valence-corrected chi connectivity index (χ1v) is 21.9. The van der Waals surface area contributed by atoms with E-state index in [-0.39, 0.29) is 0 Å². The Morgan fingerprint density at radius 2 is 0.967 bits per heavy atom. The van der Waals surface area contributed by atoms with Crippen molar-refractivity contribution in [1.82, 2.24) is 0 Å². The molecule has 0 N–H and O–H groups in total. The Hall–Kier alpha value is -7.22. The van der Waals surface area contributed by atoms with Crippen LogP contribution in [0.2, 0.25) is 0 Å². The Morgan fingerprint density at radius 3 is 1.67 bits per heavy atom. The molecule has 292 valence electrons. The van der Waals surface area contributed by atoms with Crippen LogP contribution >= 0.6 is 0 Å². The van der Waals surface area contributed by atoms with E-state index < -0.39 is 5.41 Å². The lowest BCUT2D eigenvalue weighted by molar-refractivity contribution is 0.753. The third-order valence-corrected chi connectivity index (χ3v) is 13.3. The van der Waals surface area contributed by atoms with Crippen LogP contribution in [0, 0.1) is 0 Å². The maximum atomic E-state index is 2.52. The monoisotopic (exact) mass is 781 g/mol. The Balaban J connectivity index is 0.00000207. The summed E-state index contributed by atoms with van der Waals surface area (Å²) in [7, 11) is 0. The molecule has 1 atom stereocenters. The van der Waals surface area contributed by atoms with Gasteiger partial charge in [0.15, 0.2) is 0 Å².